The van der Waals surface area contributed by atoms with E-state index in [2.05, 4.69) is 11.4 Å². The normalized spacial score (nSPS) is 14.1. The maximum absolute atomic E-state index is 13.0. The number of nitrogens with one attached hydrogen (secondary N) is 1. The van der Waals surface area contributed by atoms with Gasteiger partial charge in [-0.2, -0.15) is 0 Å². The van der Waals surface area contributed by atoms with Gasteiger partial charge in [-0.1, -0.05) is 72.8 Å². The van der Waals surface area contributed by atoms with Crippen LogP contribution in [0.25, 0.3) is 0 Å². The van der Waals surface area contributed by atoms with Gasteiger partial charge in [0.1, 0.15) is 5.75 Å². The fourth-order valence-electron chi connectivity index (χ4n) is 4.01. The van der Waals surface area contributed by atoms with Gasteiger partial charge in [-0.05, 0) is 60.9 Å². The number of amides is 1. The first-order valence-corrected chi connectivity index (χ1v) is 10.4. The molecular weight excluding hydrogens is 358 g/mol. The number of hydrogen-bond acceptors (Lipinski definition) is 2. The van der Waals surface area contributed by atoms with Crippen molar-refractivity contribution in [3.63, 3.8) is 0 Å². The molecule has 0 saturated carbocycles. The summed E-state index contributed by atoms with van der Waals surface area (Å²) in [5.41, 5.74) is 4.72. The molecule has 0 radical (unpaired) electrons. The molecule has 1 amide bonds. The Morgan fingerprint density at radius 2 is 1.45 bits per heavy atom. The van der Waals surface area contributed by atoms with Crippen molar-refractivity contribution in [3.8, 4) is 5.75 Å². The lowest BCUT2D eigenvalue weighted by atomic mass is 9.91. The number of benzene rings is 3. The van der Waals surface area contributed by atoms with Crippen molar-refractivity contribution in [1.82, 2.24) is 5.32 Å². The lowest BCUT2D eigenvalue weighted by Gasteiger charge is -2.24. The molecule has 3 nitrogen and oxygen atoms in total. The van der Waals surface area contributed by atoms with E-state index in [4.69, 9.17) is 4.74 Å². The fraction of sp³-hybridized carbons (Fsp3) is 0.269. The van der Waals surface area contributed by atoms with Gasteiger partial charge in [0.05, 0.1) is 6.04 Å². The number of carbonyl (C=O) groups is 1. The van der Waals surface area contributed by atoms with E-state index in [0.29, 0.717) is 0 Å². The van der Waals surface area contributed by atoms with Crippen molar-refractivity contribution in [2.45, 2.75) is 44.8 Å². The third kappa shape index (κ3) is 4.51. The first kappa shape index (κ1) is 19.3. The maximum Gasteiger partial charge on any atom is 0.261 e. The fourth-order valence-corrected chi connectivity index (χ4v) is 4.01. The van der Waals surface area contributed by atoms with Crippen molar-refractivity contribution in [2.75, 3.05) is 0 Å². The molecule has 1 N–H and O–H groups in total. The lowest BCUT2D eigenvalue weighted by molar-refractivity contribution is -0.127. The van der Waals surface area contributed by atoms with Crippen LogP contribution >= 0.6 is 0 Å². The molecule has 0 fully saturated rings. The molecule has 0 bridgehead atoms. The van der Waals surface area contributed by atoms with Crippen LogP contribution in [0.4, 0.5) is 0 Å². The first-order chi connectivity index (χ1) is 14.2. The molecule has 3 aromatic carbocycles. The van der Waals surface area contributed by atoms with Crippen LogP contribution in [0, 0.1) is 0 Å². The average molecular weight is 386 g/mol. The third-order valence-corrected chi connectivity index (χ3v) is 5.58. The van der Waals surface area contributed by atoms with Crippen molar-refractivity contribution in [2.24, 2.45) is 0 Å². The highest BCUT2D eigenvalue weighted by Crippen LogP contribution is 2.30. The zero-order valence-electron chi connectivity index (χ0n) is 16.8. The average Bonchev–Trinajstić information content (AvgIpc) is 2.78. The van der Waals surface area contributed by atoms with Crippen LogP contribution in [0.3, 0.4) is 0 Å². The predicted molar refractivity (Wildman–Crippen MR) is 116 cm³/mol. The van der Waals surface area contributed by atoms with Gasteiger partial charge in [0.25, 0.3) is 5.91 Å². The number of hydrogen-bond donors (Lipinski definition) is 1. The monoisotopic (exact) mass is 385 g/mol. The molecule has 1 aliphatic rings. The minimum Gasteiger partial charge on any atom is -0.481 e. The summed E-state index contributed by atoms with van der Waals surface area (Å²) >= 11 is 0. The molecule has 4 rings (SSSR count). The largest absolute Gasteiger partial charge is 0.481 e. The van der Waals surface area contributed by atoms with Gasteiger partial charge in [-0.25, -0.2) is 0 Å². The molecular formula is C26H27NO2. The number of ether oxygens (including phenoxy) is 1. The molecule has 1 unspecified atom stereocenters. The van der Waals surface area contributed by atoms with Crippen LogP contribution < -0.4 is 10.1 Å². The Bertz CT molecular complexity index is 913. The summed E-state index contributed by atoms with van der Waals surface area (Å²) in [6, 6.07) is 26.1. The second kappa shape index (κ2) is 8.95. The smallest absolute Gasteiger partial charge is 0.261 e. The van der Waals surface area contributed by atoms with E-state index < -0.39 is 6.10 Å². The SMILES string of the molecule is CC(Oc1cccc2c1CCCC2)C(=O)NC(c1ccccc1)c1ccccc1. The topological polar surface area (TPSA) is 38.3 Å². The van der Waals surface area contributed by atoms with E-state index in [0.717, 1.165) is 29.7 Å². The zero-order chi connectivity index (χ0) is 20.1. The first-order valence-electron chi connectivity index (χ1n) is 10.4. The van der Waals surface area contributed by atoms with Crippen LogP contribution in [-0.4, -0.2) is 12.0 Å². The Morgan fingerprint density at radius 3 is 2.10 bits per heavy atom. The van der Waals surface area contributed by atoms with E-state index >= 15 is 0 Å². The van der Waals surface area contributed by atoms with E-state index in [1.165, 1.54) is 24.0 Å². The quantitative estimate of drug-likeness (QED) is 0.630. The molecule has 0 saturated heterocycles. The van der Waals surface area contributed by atoms with Crippen molar-refractivity contribution >= 4 is 5.91 Å². The molecule has 0 aliphatic heterocycles. The molecule has 0 spiro atoms. The number of rotatable bonds is 6. The second-order valence-corrected chi connectivity index (χ2v) is 7.62. The molecule has 1 atom stereocenters. The molecule has 1 aliphatic carbocycles. The van der Waals surface area contributed by atoms with E-state index in [-0.39, 0.29) is 11.9 Å². The minimum atomic E-state index is -0.571. The molecule has 148 valence electrons. The highest BCUT2D eigenvalue weighted by atomic mass is 16.5. The Morgan fingerprint density at radius 1 is 0.828 bits per heavy atom. The Balaban J connectivity index is 1.52. The standard InChI is InChI=1S/C26H27NO2/c1-19(29-24-18-10-16-20-11-8-9-17-23(20)24)26(28)27-25(21-12-4-2-5-13-21)22-14-6-3-7-15-22/h2-7,10,12-16,18-19,25H,8-9,11,17H2,1H3,(H,27,28). The molecule has 0 aromatic heterocycles. The number of aryl methyl sites for hydroxylation is 1. The van der Waals surface area contributed by atoms with Gasteiger partial charge < -0.3 is 10.1 Å². The summed E-state index contributed by atoms with van der Waals surface area (Å²) in [6.07, 6.45) is 3.95. The van der Waals surface area contributed by atoms with Gasteiger partial charge >= 0.3 is 0 Å². The Kier molecular flexibility index (Phi) is 5.95. The van der Waals surface area contributed by atoms with Crippen LogP contribution in [0.1, 0.15) is 48.1 Å². The van der Waals surface area contributed by atoms with Gasteiger partial charge in [-0.15, -0.1) is 0 Å². The van der Waals surface area contributed by atoms with E-state index in [1.54, 1.807) is 0 Å². The highest BCUT2D eigenvalue weighted by Gasteiger charge is 2.23. The van der Waals surface area contributed by atoms with E-state index in [9.17, 15) is 4.79 Å². The summed E-state index contributed by atoms with van der Waals surface area (Å²) in [7, 11) is 0. The highest BCUT2D eigenvalue weighted by molar-refractivity contribution is 5.81. The minimum absolute atomic E-state index is 0.115. The van der Waals surface area contributed by atoms with Crippen molar-refractivity contribution in [1.29, 1.82) is 0 Å². The second-order valence-electron chi connectivity index (χ2n) is 7.62. The summed E-state index contributed by atoms with van der Waals surface area (Å²) in [5.74, 6) is 0.733. The van der Waals surface area contributed by atoms with Crippen molar-refractivity contribution < 1.29 is 9.53 Å². The molecule has 29 heavy (non-hydrogen) atoms. The van der Waals surface area contributed by atoms with E-state index in [1.807, 2.05) is 79.7 Å². The Hall–Kier alpha value is -3.07. The summed E-state index contributed by atoms with van der Waals surface area (Å²) in [4.78, 5) is 13.0. The van der Waals surface area contributed by atoms with Crippen molar-refractivity contribution in [3.05, 3.63) is 101 Å². The van der Waals surface area contributed by atoms with Crippen LogP contribution in [0.2, 0.25) is 0 Å². The molecule has 3 aromatic rings. The van der Waals surface area contributed by atoms with Gasteiger partial charge in [0.15, 0.2) is 6.10 Å². The van der Waals surface area contributed by atoms with Crippen LogP contribution in [0.15, 0.2) is 78.9 Å². The number of carbonyl (C=O) groups excluding carboxylic acids is 1. The maximum atomic E-state index is 13.0. The van der Waals surface area contributed by atoms with Gasteiger partial charge in [0, 0.05) is 0 Å². The Labute approximate surface area is 172 Å². The van der Waals surface area contributed by atoms with Crippen LogP contribution in [-0.2, 0) is 17.6 Å². The van der Waals surface area contributed by atoms with Gasteiger partial charge in [-0.3, -0.25) is 4.79 Å². The molecule has 0 heterocycles. The summed E-state index contributed by atoms with van der Waals surface area (Å²) in [6.45, 7) is 1.82. The predicted octanol–water partition coefficient (Wildman–Crippen LogP) is 5.24. The lowest BCUT2D eigenvalue weighted by Crippen LogP contribution is -2.39. The molecule has 3 heteroatoms. The third-order valence-electron chi connectivity index (χ3n) is 5.58. The zero-order valence-corrected chi connectivity index (χ0v) is 16.8. The number of fused-ring (bicyclic) bond motifs is 1. The summed E-state index contributed by atoms with van der Waals surface area (Å²) in [5, 5.41) is 3.19. The van der Waals surface area contributed by atoms with Crippen LogP contribution in [0.5, 0.6) is 5.75 Å². The van der Waals surface area contributed by atoms with Gasteiger partial charge in [0.2, 0.25) is 0 Å². The summed E-state index contributed by atoms with van der Waals surface area (Å²) < 4.78 is 6.14.